The van der Waals surface area contributed by atoms with Gasteiger partial charge in [0.2, 0.25) is 0 Å². The summed E-state index contributed by atoms with van der Waals surface area (Å²) in [4.78, 5) is 16.7. The predicted octanol–water partition coefficient (Wildman–Crippen LogP) is 1.25. The van der Waals surface area contributed by atoms with Crippen LogP contribution in [0.3, 0.4) is 0 Å². The molecular weight excluding hydrogens is 266 g/mol. The molecular formula is C16H31N3O2. The number of nitrogens with one attached hydrogen (secondary N) is 1. The molecule has 0 radical (unpaired) electrons. The van der Waals surface area contributed by atoms with Gasteiger partial charge in [0.1, 0.15) is 5.54 Å². The van der Waals surface area contributed by atoms with Gasteiger partial charge in [0, 0.05) is 31.7 Å². The van der Waals surface area contributed by atoms with Crippen LogP contribution in [-0.4, -0.2) is 71.7 Å². The minimum Gasteiger partial charge on any atom is -0.480 e. The standard InChI is InChI=1S/C16H31N3O2/c1-5-8-17-16(14(20)21,13-6-7-13)12-19-10-9-18(4)15(2,3)11-19/h13,17H,5-12H2,1-4H3,(H,20,21). The third-order valence-corrected chi connectivity index (χ3v) is 5.21. The molecule has 0 spiro atoms. The van der Waals surface area contributed by atoms with Crippen molar-refractivity contribution in [3.63, 3.8) is 0 Å². The van der Waals surface area contributed by atoms with Crippen molar-refractivity contribution >= 4 is 5.97 Å². The number of hydrogen-bond acceptors (Lipinski definition) is 4. The van der Waals surface area contributed by atoms with Crippen LogP contribution in [0.1, 0.15) is 40.0 Å². The van der Waals surface area contributed by atoms with Crippen LogP contribution in [0.4, 0.5) is 0 Å². The first-order valence-electron chi connectivity index (χ1n) is 8.24. The third-order valence-electron chi connectivity index (χ3n) is 5.21. The number of rotatable bonds is 7. The van der Waals surface area contributed by atoms with Gasteiger partial charge < -0.3 is 10.4 Å². The Kier molecular flexibility index (Phi) is 4.96. The zero-order valence-electron chi connectivity index (χ0n) is 14.0. The lowest BCUT2D eigenvalue weighted by Crippen LogP contribution is -2.65. The Bertz CT molecular complexity index is 382. The van der Waals surface area contributed by atoms with Gasteiger partial charge in [0.25, 0.3) is 0 Å². The topological polar surface area (TPSA) is 55.8 Å². The molecule has 2 N–H and O–H groups in total. The summed E-state index contributed by atoms with van der Waals surface area (Å²) in [5.74, 6) is -0.375. The molecule has 5 heteroatoms. The molecule has 1 unspecified atom stereocenters. The molecule has 1 aliphatic carbocycles. The van der Waals surface area contributed by atoms with E-state index in [1.165, 1.54) is 0 Å². The summed E-state index contributed by atoms with van der Waals surface area (Å²) in [6.45, 7) is 10.8. The van der Waals surface area contributed by atoms with E-state index in [9.17, 15) is 9.90 Å². The first-order chi connectivity index (χ1) is 9.82. The molecule has 0 aromatic rings. The summed E-state index contributed by atoms with van der Waals surface area (Å²) in [5, 5.41) is 13.2. The highest BCUT2D eigenvalue weighted by Gasteiger charge is 2.52. The van der Waals surface area contributed by atoms with Crippen LogP contribution in [0.25, 0.3) is 0 Å². The number of aliphatic carboxylic acids is 1. The van der Waals surface area contributed by atoms with Crippen molar-refractivity contribution in [2.45, 2.75) is 51.1 Å². The number of piperazine rings is 1. The maximum atomic E-state index is 12.0. The summed E-state index contributed by atoms with van der Waals surface area (Å²) in [6, 6.07) is 0. The van der Waals surface area contributed by atoms with E-state index >= 15 is 0 Å². The third kappa shape index (κ3) is 3.58. The molecule has 1 atom stereocenters. The van der Waals surface area contributed by atoms with Gasteiger partial charge in [-0.25, -0.2) is 0 Å². The van der Waals surface area contributed by atoms with Crippen molar-refractivity contribution in [3.8, 4) is 0 Å². The van der Waals surface area contributed by atoms with Gasteiger partial charge in [-0.2, -0.15) is 0 Å². The molecule has 1 saturated carbocycles. The van der Waals surface area contributed by atoms with Crippen molar-refractivity contribution in [1.29, 1.82) is 0 Å². The van der Waals surface area contributed by atoms with E-state index in [2.05, 4.69) is 42.9 Å². The van der Waals surface area contributed by atoms with Crippen molar-refractivity contribution in [2.75, 3.05) is 39.8 Å². The lowest BCUT2D eigenvalue weighted by atomic mass is 9.90. The lowest BCUT2D eigenvalue weighted by Gasteiger charge is -2.47. The maximum Gasteiger partial charge on any atom is 0.325 e. The molecule has 0 amide bonds. The van der Waals surface area contributed by atoms with E-state index in [0.29, 0.717) is 12.5 Å². The summed E-state index contributed by atoms with van der Waals surface area (Å²) in [6.07, 6.45) is 3.05. The average Bonchev–Trinajstić information content (AvgIpc) is 3.23. The normalized spacial score (nSPS) is 26.5. The lowest BCUT2D eigenvalue weighted by molar-refractivity contribution is -0.147. The second-order valence-corrected chi connectivity index (χ2v) is 7.42. The Morgan fingerprint density at radius 1 is 1.38 bits per heavy atom. The quantitative estimate of drug-likeness (QED) is 0.740. The Balaban J connectivity index is 2.09. The van der Waals surface area contributed by atoms with Gasteiger partial charge in [0.05, 0.1) is 0 Å². The van der Waals surface area contributed by atoms with Crippen molar-refractivity contribution in [3.05, 3.63) is 0 Å². The number of hydrogen-bond donors (Lipinski definition) is 2. The SMILES string of the molecule is CCCNC(CN1CCN(C)C(C)(C)C1)(C(=O)O)C1CC1. The highest BCUT2D eigenvalue weighted by atomic mass is 16.4. The fourth-order valence-electron chi connectivity index (χ4n) is 3.40. The Hall–Kier alpha value is -0.650. The number of likely N-dealkylation sites (N-methyl/N-ethyl adjacent to an activating group) is 1. The number of nitrogens with zero attached hydrogens (tertiary/aromatic N) is 2. The first kappa shape index (κ1) is 16.7. The number of carboxylic acids is 1. The van der Waals surface area contributed by atoms with Crippen LogP contribution in [-0.2, 0) is 4.79 Å². The second-order valence-electron chi connectivity index (χ2n) is 7.42. The Morgan fingerprint density at radius 2 is 2.05 bits per heavy atom. The van der Waals surface area contributed by atoms with Crippen LogP contribution < -0.4 is 5.32 Å². The highest BCUT2D eigenvalue weighted by molar-refractivity contribution is 5.80. The van der Waals surface area contributed by atoms with Crippen molar-refractivity contribution in [2.24, 2.45) is 5.92 Å². The van der Waals surface area contributed by atoms with Gasteiger partial charge in [0.15, 0.2) is 0 Å². The largest absolute Gasteiger partial charge is 0.480 e. The number of carboxylic acid groups (broad SMARTS) is 1. The van der Waals surface area contributed by atoms with Crippen LogP contribution in [0.5, 0.6) is 0 Å². The molecule has 0 bridgehead atoms. The van der Waals surface area contributed by atoms with E-state index in [4.69, 9.17) is 0 Å². The van der Waals surface area contributed by atoms with Crippen LogP contribution in [0.2, 0.25) is 0 Å². The fraction of sp³-hybridized carbons (Fsp3) is 0.938. The molecule has 1 heterocycles. The van der Waals surface area contributed by atoms with Crippen LogP contribution in [0, 0.1) is 5.92 Å². The minimum atomic E-state index is -0.748. The van der Waals surface area contributed by atoms with Gasteiger partial charge in [-0.1, -0.05) is 6.92 Å². The van der Waals surface area contributed by atoms with Gasteiger partial charge in [-0.15, -0.1) is 0 Å². The Morgan fingerprint density at radius 3 is 2.52 bits per heavy atom. The molecule has 2 aliphatic rings. The zero-order chi connectivity index (χ0) is 15.7. The number of carbonyl (C=O) groups is 1. The summed E-state index contributed by atoms with van der Waals surface area (Å²) in [5.41, 5.74) is -0.640. The second kappa shape index (κ2) is 6.23. The average molecular weight is 297 g/mol. The van der Waals surface area contributed by atoms with E-state index < -0.39 is 11.5 Å². The highest BCUT2D eigenvalue weighted by Crippen LogP contribution is 2.41. The maximum absolute atomic E-state index is 12.0. The summed E-state index contributed by atoms with van der Waals surface area (Å²) in [7, 11) is 2.15. The van der Waals surface area contributed by atoms with Crippen LogP contribution in [0.15, 0.2) is 0 Å². The molecule has 21 heavy (non-hydrogen) atoms. The van der Waals surface area contributed by atoms with E-state index in [1.54, 1.807) is 0 Å². The minimum absolute atomic E-state index is 0.108. The van der Waals surface area contributed by atoms with Crippen LogP contribution >= 0.6 is 0 Å². The molecule has 2 rings (SSSR count). The molecule has 122 valence electrons. The van der Waals surface area contributed by atoms with Gasteiger partial charge >= 0.3 is 5.97 Å². The Labute approximate surface area is 128 Å². The van der Waals surface area contributed by atoms with E-state index in [1.807, 2.05) is 0 Å². The predicted molar refractivity (Wildman–Crippen MR) is 84.5 cm³/mol. The fourth-order valence-corrected chi connectivity index (χ4v) is 3.40. The van der Waals surface area contributed by atoms with E-state index in [0.717, 1.165) is 45.4 Å². The molecule has 1 aliphatic heterocycles. The first-order valence-corrected chi connectivity index (χ1v) is 8.24. The molecule has 2 fully saturated rings. The molecule has 5 nitrogen and oxygen atoms in total. The zero-order valence-corrected chi connectivity index (χ0v) is 14.0. The molecule has 1 saturated heterocycles. The summed E-state index contributed by atoms with van der Waals surface area (Å²) < 4.78 is 0. The van der Waals surface area contributed by atoms with E-state index in [-0.39, 0.29) is 5.54 Å². The summed E-state index contributed by atoms with van der Waals surface area (Å²) >= 11 is 0. The van der Waals surface area contributed by atoms with Gasteiger partial charge in [-0.05, 0) is 52.6 Å². The monoisotopic (exact) mass is 297 g/mol. The molecule has 0 aromatic heterocycles. The van der Waals surface area contributed by atoms with Gasteiger partial charge in [-0.3, -0.25) is 14.6 Å². The smallest absolute Gasteiger partial charge is 0.325 e. The van der Waals surface area contributed by atoms with Crippen molar-refractivity contribution < 1.29 is 9.90 Å². The van der Waals surface area contributed by atoms with Crippen molar-refractivity contribution in [1.82, 2.24) is 15.1 Å². The molecule has 0 aromatic carbocycles.